The number of fused-ring (bicyclic) bond motifs is 1. The summed E-state index contributed by atoms with van der Waals surface area (Å²) < 4.78 is 6.04. The van der Waals surface area contributed by atoms with Crippen molar-refractivity contribution < 1.29 is 15.1 Å². The molecule has 0 bridgehead atoms. The Kier molecular flexibility index (Phi) is 4.34. The van der Waals surface area contributed by atoms with Gasteiger partial charge < -0.3 is 15.1 Å². The summed E-state index contributed by atoms with van der Waals surface area (Å²) in [4.78, 5) is 2.37. The fourth-order valence-electron chi connectivity index (χ4n) is 3.64. The molecule has 2 heterocycles. The van der Waals surface area contributed by atoms with E-state index in [2.05, 4.69) is 10.1 Å². The summed E-state index contributed by atoms with van der Waals surface area (Å²) in [5.41, 5.74) is 1.77. The lowest BCUT2D eigenvalue weighted by Crippen LogP contribution is -2.54. The molecule has 0 saturated carbocycles. The highest BCUT2D eigenvalue weighted by Crippen LogP contribution is 2.44. The van der Waals surface area contributed by atoms with Crippen LogP contribution in [0.2, 0.25) is 0 Å². The molecule has 1 fully saturated rings. The second kappa shape index (κ2) is 6.13. The smallest absolute Gasteiger partial charge is 0.131 e. The third-order valence-electron chi connectivity index (χ3n) is 5.06. The zero-order valence-electron chi connectivity index (χ0n) is 14.1. The molecule has 1 aromatic carbocycles. The Morgan fingerprint density at radius 3 is 2.61 bits per heavy atom. The van der Waals surface area contributed by atoms with E-state index in [0.717, 1.165) is 42.8 Å². The molecular formula is C18H26N2O3. The quantitative estimate of drug-likeness (QED) is 0.500. The van der Waals surface area contributed by atoms with Crippen LogP contribution in [0.15, 0.2) is 23.4 Å². The Morgan fingerprint density at radius 2 is 1.96 bits per heavy atom. The van der Waals surface area contributed by atoms with Gasteiger partial charge in [0.05, 0.1) is 11.8 Å². The molecule has 5 nitrogen and oxygen atoms in total. The Balaban J connectivity index is 2.06. The summed E-state index contributed by atoms with van der Waals surface area (Å²) in [7, 11) is 0. The predicted octanol–water partition coefficient (Wildman–Crippen LogP) is 2.94. The molecule has 0 amide bonds. The molecule has 0 radical (unpaired) electrons. The number of nitrogens with zero attached hydrogens (tertiary/aromatic N) is 2. The zero-order chi connectivity index (χ0) is 16.6. The lowest BCUT2D eigenvalue weighted by Gasteiger charge is -2.47. The molecule has 126 valence electrons. The van der Waals surface area contributed by atoms with Gasteiger partial charge in [-0.1, -0.05) is 11.6 Å². The normalized spacial score (nSPS) is 28.1. The van der Waals surface area contributed by atoms with Gasteiger partial charge in [0, 0.05) is 5.56 Å². The zero-order valence-corrected chi connectivity index (χ0v) is 14.1. The van der Waals surface area contributed by atoms with Crippen molar-refractivity contribution in [2.45, 2.75) is 57.8 Å². The first-order valence-electron chi connectivity index (χ1n) is 8.38. The van der Waals surface area contributed by atoms with Crippen LogP contribution in [0.3, 0.4) is 0 Å². The molecule has 2 N–H and O–H groups in total. The molecule has 2 atom stereocenters. The van der Waals surface area contributed by atoms with E-state index in [4.69, 9.17) is 9.94 Å². The van der Waals surface area contributed by atoms with Crippen molar-refractivity contribution in [3.8, 4) is 5.75 Å². The second-order valence-corrected chi connectivity index (χ2v) is 7.13. The number of hydrogen-bond acceptors (Lipinski definition) is 5. The van der Waals surface area contributed by atoms with Crippen molar-refractivity contribution in [1.29, 1.82) is 0 Å². The van der Waals surface area contributed by atoms with Gasteiger partial charge in [-0.05, 0) is 70.5 Å². The summed E-state index contributed by atoms with van der Waals surface area (Å²) in [6.07, 6.45) is 2.98. The minimum atomic E-state index is -0.628. The molecule has 0 spiro atoms. The molecule has 23 heavy (non-hydrogen) atoms. The van der Waals surface area contributed by atoms with Crippen LogP contribution in [-0.2, 0) is 0 Å². The van der Waals surface area contributed by atoms with Gasteiger partial charge >= 0.3 is 0 Å². The van der Waals surface area contributed by atoms with E-state index in [9.17, 15) is 5.11 Å². The van der Waals surface area contributed by atoms with Crippen molar-refractivity contribution in [1.82, 2.24) is 4.90 Å². The summed E-state index contributed by atoms with van der Waals surface area (Å²) in [6.45, 7) is 7.63. The fraction of sp³-hybridized carbons (Fsp3) is 0.611. The molecule has 3 rings (SSSR count). The third kappa shape index (κ3) is 2.95. The highest BCUT2D eigenvalue weighted by Gasteiger charge is 2.45. The monoisotopic (exact) mass is 318 g/mol. The van der Waals surface area contributed by atoms with Gasteiger partial charge in [-0.25, -0.2) is 0 Å². The van der Waals surface area contributed by atoms with Gasteiger partial charge in [0.2, 0.25) is 0 Å². The van der Waals surface area contributed by atoms with Crippen molar-refractivity contribution in [2.75, 3.05) is 13.1 Å². The molecule has 2 aliphatic heterocycles. The topological polar surface area (TPSA) is 65.3 Å². The van der Waals surface area contributed by atoms with Gasteiger partial charge in [-0.3, -0.25) is 4.90 Å². The van der Waals surface area contributed by atoms with E-state index < -0.39 is 11.7 Å². The number of aliphatic hydroxyl groups excluding tert-OH is 1. The number of oxime groups is 1. The van der Waals surface area contributed by atoms with Crippen LogP contribution in [0.5, 0.6) is 5.75 Å². The number of piperidine rings is 1. The average Bonchev–Trinajstić information content (AvgIpc) is 2.55. The minimum Gasteiger partial charge on any atom is -0.485 e. The van der Waals surface area contributed by atoms with Crippen LogP contribution in [0, 0.1) is 0 Å². The summed E-state index contributed by atoms with van der Waals surface area (Å²) in [5.74, 6) is 0.811. The van der Waals surface area contributed by atoms with E-state index in [1.165, 1.54) is 6.42 Å². The fourth-order valence-corrected chi connectivity index (χ4v) is 3.64. The highest BCUT2D eigenvalue weighted by atomic mass is 16.5. The molecule has 0 unspecified atom stereocenters. The molecule has 0 aliphatic carbocycles. The third-order valence-corrected chi connectivity index (χ3v) is 5.06. The summed E-state index contributed by atoms with van der Waals surface area (Å²) in [6, 6.07) is 5.72. The van der Waals surface area contributed by atoms with E-state index in [-0.39, 0.29) is 6.04 Å². The largest absolute Gasteiger partial charge is 0.485 e. The maximum Gasteiger partial charge on any atom is 0.131 e. The number of rotatable bonds is 2. The first-order chi connectivity index (χ1) is 10.9. The van der Waals surface area contributed by atoms with Crippen molar-refractivity contribution in [3.63, 3.8) is 0 Å². The van der Waals surface area contributed by atoms with E-state index in [1.54, 1.807) is 6.92 Å². The Labute approximate surface area is 137 Å². The molecule has 0 aromatic heterocycles. The van der Waals surface area contributed by atoms with E-state index in [1.807, 2.05) is 32.0 Å². The van der Waals surface area contributed by atoms with Gasteiger partial charge in [-0.15, -0.1) is 0 Å². The van der Waals surface area contributed by atoms with Crippen LogP contribution in [0.4, 0.5) is 0 Å². The molecule has 1 aromatic rings. The predicted molar refractivity (Wildman–Crippen MR) is 89.3 cm³/mol. The number of benzene rings is 1. The Bertz CT molecular complexity index is 606. The average molecular weight is 318 g/mol. The maximum absolute atomic E-state index is 10.9. The lowest BCUT2D eigenvalue weighted by molar-refractivity contribution is -0.0961. The van der Waals surface area contributed by atoms with Crippen LogP contribution in [-0.4, -0.2) is 45.7 Å². The standard InChI is InChI=1S/C18H26N2O3/c1-12(19-22)13-7-8-15-14(11-13)16(17(21)18(2,3)23-15)20-9-5-4-6-10-20/h7-8,11,16-17,21-22H,4-6,9-10H2,1-3H3/b19-12+/t16-,17+/m1/s1. The second-order valence-electron chi connectivity index (χ2n) is 7.13. The summed E-state index contributed by atoms with van der Waals surface area (Å²) in [5, 5.41) is 23.3. The van der Waals surface area contributed by atoms with Crippen LogP contribution in [0.1, 0.15) is 57.2 Å². The van der Waals surface area contributed by atoms with Gasteiger partial charge in [0.1, 0.15) is 17.5 Å². The number of hydrogen-bond donors (Lipinski definition) is 2. The summed E-state index contributed by atoms with van der Waals surface area (Å²) >= 11 is 0. The SMILES string of the molecule is C/C(=N\O)c1ccc2c(c1)[C@@H](N1CCCCC1)[C@H](O)C(C)(C)O2. The minimum absolute atomic E-state index is 0.0829. The lowest BCUT2D eigenvalue weighted by atomic mass is 9.84. The van der Waals surface area contributed by atoms with Crippen molar-refractivity contribution in [3.05, 3.63) is 29.3 Å². The maximum atomic E-state index is 10.9. The molecule has 1 saturated heterocycles. The first-order valence-corrected chi connectivity index (χ1v) is 8.38. The number of aliphatic hydroxyl groups is 1. The van der Waals surface area contributed by atoms with Crippen molar-refractivity contribution >= 4 is 5.71 Å². The van der Waals surface area contributed by atoms with Gasteiger partial charge in [0.15, 0.2) is 0 Å². The van der Waals surface area contributed by atoms with Crippen LogP contribution >= 0.6 is 0 Å². The molecule has 5 heteroatoms. The van der Waals surface area contributed by atoms with E-state index >= 15 is 0 Å². The van der Waals surface area contributed by atoms with Crippen LogP contribution < -0.4 is 4.74 Å². The Hall–Kier alpha value is -1.59. The van der Waals surface area contributed by atoms with E-state index in [0.29, 0.717) is 5.71 Å². The number of ether oxygens (including phenoxy) is 1. The van der Waals surface area contributed by atoms with Gasteiger partial charge in [0.25, 0.3) is 0 Å². The first kappa shape index (κ1) is 16.3. The van der Waals surface area contributed by atoms with Gasteiger partial charge in [-0.2, -0.15) is 0 Å². The number of likely N-dealkylation sites (tertiary alicyclic amines) is 1. The molecule has 2 aliphatic rings. The van der Waals surface area contributed by atoms with Crippen LogP contribution in [0.25, 0.3) is 0 Å². The molecular weight excluding hydrogens is 292 g/mol. The van der Waals surface area contributed by atoms with Crippen molar-refractivity contribution in [2.24, 2.45) is 5.16 Å². The highest BCUT2D eigenvalue weighted by molar-refractivity contribution is 5.98. The Morgan fingerprint density at radius 1 is 1.26 bits per heavy atom.